The Labute approximate surface area is 92.1 Å². The van der Waals surface area contributed by atoms with Crippen LogP contribution >= 0.6 is 0 Å². The maximum absolute atomic E-state index is 3.98. The van der Waals surface area contributed by atoms with Gasteiger partial charge in [-0.3, -0.25) is 9.98 Å². The van der Waals surface area contributed by atoms with Crippen molar-refractivity contribution in [3.8, 4) is 0 Å². The van der Waals surface area contributed by atoms with E-state index in [0.717, 1.165) is 11.3 Å². The lowest BCUT2D eigenvalue weighted by atomic mass is 10.3. The Morgan fingerprint density at radius 3 is 2.53 bits per heavy atom. The quantitative estimate of drug-likeness (QED) is 0.531. The molecular weight excluding hydrogens is 184 g/mol. The van der Waals surface area contributed by atoms with Crippen LogP contribution in [0.1, 0.15) is 19.5 Å². The minimum atomic E-state index is 1.07. The molecule has 15 heavy (non-hydrogen) atoms. The highest BCUT2D eigenvalue weighted by atomic mass is 14.7. The van der Waals surface area contributed by atoms with Crippen LogP contribution in [0.5, 0.6) is 0 Å². The van der Waals surface area contributed by atoms with Crippen molar-refractivity contribution in [3.05, 3.63) is 54.5 Å². The van der Waals surface area contributed by atoms with E-state index in [9.17, 15) is 0 Å². The fourth-order valence-corrected chi connectivity index (χ4v) is 0.693. The zero-order valence-electron chi connectivity index (χ0n) is 9.64. The summed E-state index contributed by atoms with van der Waals surface area (Å²) in [5.74, 6) is 0. The average Bonchev–Trinajstić information content (AvgIpc) is 2.28. The number of rotatable bonds is 2. The molecule has 0 aliphatic rings. The molecule has 0 fully saturated rings. The Morgan fingerprint density at radius 1 is 1.47 bits per heavy atom. The molecule has 0 spiro atoms. The summed E-state index contributed by atoms with van der Waals surface area (Å²) >= 11 is 0. The first kappa shape index (κ1) is 13.3. The third kappa shape index (κ3) is 8.63. The molecule has 2 heteroatoms. The van der Waals surface area contributed by atoms with Gasteiger partial charge in [-0.2, -0.15) is 0 Å². The summed E-state index contributed by atoms with van der Waals surface area (Å²) in [6, 6.07) is 5.86. The lowest BCUT2D eigenvalue weighted by molar-refractivity contribution is 1.20. The number of allylic oxidation sites excluding steroid dienone is 2. The van der Waals surface area contributed by atoms with Crippen molar-refractivity contribution in [3.63, 3.8) is 0 Å². The largest absolute Gasteiger partial charge is 0.269 e. The van der Waals surface area contributed by atoms with Gasteiger partial charge in [-0.25, -0.2) is 0 Å². The van der Waals surface area contributed by atoms with Crippen LogP contribution in [0.4, 0.5) is 0 Å². The second-order valence-electron chi connectivity index (χ2n) is 2.96. The number of aliphatic imine (C=N–C) groups is 1. The summed E-state index contributed by atoms with van der Waals surface area (Å²) in [4.78, 5) is 7.86. The van der Waals surface area contributed by atoms with Gasteiger partial charge in [0.2, 0.25) is 0 Å². The van der Waals surface area contributed by atoms with E-state index in [1.165, 1.54) is 0 Å². The molecule has 0 amide bonds. The molecule has 1 aromatic heterocycles. The molecule has 0 aliphatic carbocycles. The molecule has 0 aliphatic heterocycles. The van der Waals surface area contributed by atoms with E-state index < -0.39 is 0 Å². The van der Waals surface area contributed by atoms with Gasteiger partial charge in [-0.15, -0.1) is 0 Å². The normalized spacial score (nSPS) is 10.7. The SMILES string of the molecule is C=C/C(C)=C\N=CC.Cc1ccccn1. The molecule has 0 saturated carbocycles. The van der Waals surface area contributed by atoms with Crippen LogP contribution in [0.3, 0.4) is 0 Å². The Balaban J connectivity index is 0.000000262. The predicted molar refractivity (Wildman–Crippen MR) is 67.1 cm³/mol. The molecule has 0 aromatic carbocycles. The number of pyridine rings is 1. The molecule has 0 radical (unpaired) electrons. The van der Waals surface area contributed by atoms with Gasteiger partial charge in [0.25, 0.3) is 0 Å². The first-order valence-corrected chi connectivity index (χ1v) is 4.85. The van der Waals surface area contributed by atoms with E-state index in [1.807, 2.05) is 39.0 Å². The topological polar surface area (TPSA) is 25.2 Å². The molecular formula is C13H18N2. The molecule has 1 aromatic rings. The van der Waals surface area contributed by atoms with Crippen LogP contribution < -0.4 is 0 Å². The van der Waals surface area contributed by atoms with Gasteiger partial charge >= 0.3 is 0 Å². The Morgan fingerprint density at radius 2 is 2.20 bits per heavy atom. The van der Waals surface area contributed by atoms with Crippen molar-refractivity contribution in [1.29, 1.82) is 0 Å². The molecule has 0 atom stereocenters. The van der Waals surface area contributed by atoms with Gasteiger partial charge in [0, 0.05) is 24.3 Å². The average molecular weight is 202 g/mol. The van der Waals surface area contributed by atoms with E-state index in [2.05, 4.69) is 16.6 Å². The second kappa shape index (κ2) is 8.88. The zero-order valence-corrected chi connectivity index (χ0v) is 9.64. The first-order valence-electron chi connectivity index (χ1n) is 4.85. The van der Waals surface area contributed by atoms with Gasteiger partial charge in [-0.1, -0.05) is 18.7 Å². The van der Waals surface area contributed by atoms with Crippen LogP contribution in [0, 0.1) is 6.92 Å². The van der Waals surface area contributed by atoms with Crippen molar-refractivity contribution in [2.24, 2.45) is 4.99 Å². The van der Waals surface area contributed by atoms with E-state index in [0.29, 0.717) is 0 Å². The summed E-state index contributed by atoms with van der Waals surface area (Å²) in [6.07, 6.45) is 7.07. The molecule has 0 bridgehead atoms. The van der Waals surface area contributed by atoms with Gasteiger partial charge < -0.3 is 0 Å². The maximum Gasteiger partial charge on any atom is 0.0372 e. The van der Waals surface area contributed by atoms with Crippen molar-refractivity contribution >= 4 is 6.21 Å². The number of hydrogen-bond donors (Lipinski definition) is 0. The highest BCUT2D eigenvalue weighted by Gasteiger charge is 1.73. The summed E-state index contributed by atoms with van der Waals surface area (Å²) in [7, 11) is 0. The zero-order chi connectivity index (χ0) is 11.5. The highest BCUT2D eigenvalue weighted by molar-refractivity contribution is 5.54. The third-order valence-corrected chi connectivity index (χ3v) is 1.56. The Kier molecular flexibility index (Phi) is 7.87. The Bertz CT molecular complexity index is 324. The van der Waals surface area contributed by atoms with Crippen LogP contribution in [0.25, 0.3) is 0 Å². The van der Waals surface area contributed by atoms with Crippen LogP contribution in [0.15, 0.2) is 53.8 Å². The minimum absolute atomic E-state index is 1.07. The van der Waals surface area contributed by atoms with Crippen molar-refractivity contribution in [2.45, 2.75) is 20.8 Å². The summed E-state index contributed by atoms with van der Waals surface area (Å²) < 4.78 is 0. The first-order chi connectivity index (χ1) is 7.20. The fraction of sp³-hybridized carbons (Fsp3) is 0.231. The van der Waals surface area contributed by atoms with Gasteiger partial charge in [0.15, 0.2) is 0 Å². The van der Waals surface area contributed by atoms with Gasteiger partial charge in [0.1, 0.15) is 0 Å². The van der Waals surface area contributed by atoms with Gasteiger partial charge in [0.05, 0.1) is 0 Å². The van der Waals surface area contributed by atoms with Crippen LogP contribution in [0.2, 0.25) is 0 Å². The lowest BCUT2D eigenvalue weighted by Gasteiger charge is -1.82. The van der Waals surface area contributed by atoms with E-state index in [-0.39, 0.29) is 0 Å². The molecule has 1 heterocycles. The molecule has 0 N–H and O–H groups in total. The molecule has 1 rings (SSSR count). The van der Waals surface area contributed by atoms with Crippen LogP contribution in [-0.4, -0.2) is 11.2 Å². The number of hydrogen-bond acceptors (Lipinski definition) is 2. The molecule has 2 nitrogen and oxygen atoms in total. The standard InChI is InChI=1S/C7H11N.C6H7N/c1-4-7(3)6-8-5-2;1-6-4-2-3-5-7-6/h4-6H,1H2,2-3H3;2-5H,1H3/b7-6-,8-5?;. The van der Waals surface area contributed by atoms with Crippen LogP contribution in [-0.2, 0) is 0 Å². The van der Waals surface area contributed by atoms with Crippen molar-refractivity contribution < 1.29 is 0 Å². The number of aryl methyl sites for hydroxylation is 1. The summed E-state index contributed by atoms with van der Waals surface area (Å²) in [5.41, 5.74) is 2.16. The monoisotopic (exact) mass is 202 g/mol. The maximum atomic E-state index is 3.98. The highest BCUT2D eigenvalue weighted by Crippen LogP contribution is 1.90. The third-order valence-electron chi connectivity index (χ3n) is 1.56. The second-order valence-corrected chi connectivity index (χ2v) is 2.96. The van der Waals surface area contributed by atoms with Crippen molar-refractivity contribution in [2.75, 3.05) is 0 Å². The summed E-state index contributed by atoms with van der Waals surface area (Å²) in [5, 5.41) is 0. The Hall–Kier alpha value is -1.70. The molecule has 0 saturated heterocycles. The lowest BCUT2D eigenvalue weighted by Crippen LogP contribution is -1.72. The van der Waals surface area contributed by atoms with Gasteiger partial charge in [-0.05, 0) is 38.5 Å². The number of aromatic nitrogens is 1. The van der Waals surface area contributed by atoms with E-state index >= 15 is 0 Å². The smallest absolute Gasteiger partial charge is 0.0372 e. The van der Waals surface area contributed by atoms with E-state index in [4.69, 9.17) is 0 Å². The fourth-order valence-electron chi connectivity index (χ4n) is 0.693. The number of nitrogens with zero attached hydrogens (tertiary/aromatic N) is 2. The van der Waals surface area contributed by atoms with E-state index in [1.54, 1.807) is 24.7 Å². The van der Waals surface area contributed by atoms with Crippen molar-refractivity contribution in [1.82, 2.24) is 4.98 Å². The molecule has 80 valence electrons. The summed E-state index contributed by atoms with van der Waals surface area (Å²) in [6.45, 7) is 9.38. The predicted octanol–water partition coefficient (Wildman–Crippen LogP) is 3.56. The minimum Gasteiger partial charge on any atom is -0.269 e. The molecule has 0 unspecified atom stereocenters.